The zero-order valence-corrected chi connectivity index (χ0v) is 17.0. The van der Waals surface area contributed by atoms with Gasteiger partial charge in [0.15, 0.2) is 5.78 Å². The van der Waals surface area contributed by atoms with Crippen molar-refractivity contribution in [2.24, 2.45) is 0 Å². The highest BCUT2D eigenvalue weighted by Crippen LogP contribution is 2.34. The average Bonchev–Trinajstić information content (AvgIpc) is 3.46. The van der Waals surface area contributed by atoms with Crippen molar-refractivity contribution in [2.45, 2.75) is 18.8 Å². The second-order valence-corrected chi connectivity index (χ2v) is 8.07. The maximum Gasteiger partial charge on any atom is 0.258 e. The molecule has 1 unspecified atom stereocenters. The summed E-state index contributed by atoms with van der Waals surface area (Å²) in [5.41, 5.74) is 3.12. The van der Waals surface area contributed by atoms with Crippen LogP contribution in [-0.4, -0.2) is 22.9 Å². The molecule has 0 fully saturated rings. The fraction of sp³-hybridized carbons (Fsp3) is 0.174. The van der Waals surface area contributed by atoms with Gasteiger partial charge in [-0.2, -0.15) is 0 Å². The molecule has 1 N–H and O–H groups in total. The molecule has 30 heavy (non-hydrogen) atoms. The Morgan fingerprint density at radius 2 is 1.97 bits per heavy atom. The van der Waals surface area contributed by atoms with Gasteiger partial charge in [-0.25, -0.2) is 4.98 Å². The number of nitrogens with zero attached hydrogens (tertiary/aromatic N) is 1. The quantitative estimate of drug-likeness (QED) is 0.520. The normalized spacial score (nSPS) is 15.8. The highest BCUT2D eigenvalue weighted by atomic mass is 32.1. The van der Waals surface area contributed by atoms with E-state index in [4.69, 9.17) is 9.15 Å². The lowest BCUT2D eigenvalue weighted by Crippen LogP contribution is -2.24. The third-order valence-corrected chi connectivity index (χ3v) is 6.25. The first-order valence-corrected chi connectivity index (χ1v) is 10.4. The number of carbonyl (C=O) groups excluding carboxylic acids is 1. The van der Waals surface area contributed by atoms with E-state index in [-0.39, 0.29) is 17.3 Å². The van der Waals surface area contributed by atoms with Crippen LogP contribution in [0.4, 0.5) is 0 Å². The summed E-state index contributed by atoms with van der Waals surface area (Å²) in [6.45, 7) is 0. The molecule has 6 nitrogen and oxygen atoms in total. The van der Waals surface area contributed by atoms with Gasteiger partial charge in [0.1, 0.15) is 16.5 Å². The van der Waals surface area contributed by atoms with Crippen molar-refractivity contribution in [2.75, 3.05) is 7.11 Å². The lowest BCUT2D eigenvalue weighted by Gasteiger charge is -2.22. The zero-order chi connectivity index (χ0) is 20.7. The first-order chi connectivity index (χ1) is 14.6. The Morgan fingerprint density at radius 3 is 2.70 bits per heavy atom. The lowest BCUT2D eigenvalue weighted by atomic mass is 9.84. The second-order valence-electron chi connectivity index (χ2n) is 7.21. The number of aromatic amines is 1. The maximum absolute atomic E-state index is 12.8. The third-order valence-electron chi connectivity index (χ3n) is 5.37. The van der Waals surface area contributed by atoms with Crippen LogP contribution in [0.5, 0.6) is 5.75 Å². The minimum absolute atomic E-state index is 0.00193. The number of carbonyl (C=O) groups is 1. The predicted molar refractivity (Wildman–Crippen MR) is 114 cm³/mol. The van der Waals surface area contributed by atoms with Gasteiger partial charge in [-0.1, -0.05) is 0 Å². The molecule has 0 saturated carbocycles. The number of rotatable bonds is 4. The number of thiazole rings is 1. The molecule has 0 radical (unpaired) electrons. The maximum atomic E-state index is 12.8. The number of ether oxygens (including phenoxy) is 1. The molecule has 0 amide bonds. The van der Waals surface area contributed by atoms with Crippen molar-refractivity contribution in [1.29, 1.82) is 0 Å². The van der Waals surface area contributed by atoms with Crippen molar-refractivity contribution in [1.82, 2.24) is 9.97 Å². The SMILES string of the molecule is COc1ccc(-c2csc(-c3cc4c([nH]c3=O)CC(c3ccco3)CC4=O)n2)cc1. The lowest BCUT2D eigenvalue weighted by molar-refractivity contribution is 0.0959. The van der Waals surface area contributed by atoms with Crippen molar-refractivity contribution >= 4 is 17.1 Å². The molecule has 5 rings (SSSR count). The number of hydrogen-bond donors (Lipinski definition) is 1. The van der Waals surface area contributed by atoms with Crippen LogP contribution in [0.3, 0.4) is 0 Å². The summed E-state index contributed by atoms with van der Waals surface area (Å²) in [6.07, 6.45) is 2.53. The van der Waals surface area contributed by atoms with E-state index < -0.39 is 0 Å². The molecule has 3 heterocycles. The van der Waals surface area contributed by atoms with Crippen molar-refractivity contribution < 1.29 is 13.9 Å². The number of aromatic nitrogens is 2. The Morgan fingerprint density at radius 1 is 1.13 bits per heavy atom. The molecule has 3 aromatic heterocycles. The van der Waals surface area contributed by atoms with Gasteiger partial charge in [0.2, 0.25) is 0 Å². The summed E-state index contributed by atoms with van der Waals surface area (Å²) in [7, 11) is 1.62. The molecule has 7 heteroatoms. The molecule has 1 atom stereocenters. The van der Waals surface area contributed by atoms with Crippen LogP contribution in [0.1, 0.15) is 34.2 Å². The van der Waals surface area contributed by atoms with Gasteiger partial charge in [-0.15, -0.1) is 11.3 Å². The van der Waals surface area contributed by atoms with Crippen LogP contribution in [-0.2, 0) is 6.42 Å². The standard InChI is InChI=1S/C23H18N2O4S/c1-28-15-6-4-13(5-7-15)19-12-30-23(25-19)17-11-16-18(24-22(17)27)9-14(10-20(16)26)21-3-2-8-29-21/h2-8,11-12,14H,9-10H2,1H3,(H,24,27). The van der Waals surface area contributed by atoms with Crippen molar-refractivity contribution in [3.05, 3.63) is 81.5 Å². The second kappa shape index (κ2) is 7.42. The van der Waals surface area contributed by atoms with Gasteiger partial charge in [0.05, 0.1) is 24.6 Å². The van der Waals surface area contributed by atoms with Gasteiger partial charge in [-0.3, -0.25) is 9.59 Å². The summed E-state index contributed by atoms with van der Waals surface area (Å²) in [4.78, 5) is 33.1. The number of Topliss-reactive ketones (excluding diaryl/α,β-unsaturated/α-hetero) is 1. The number of fused-ring (bicyclic) bond motifs is 1. The van der Waals surface area contributed by atoms with Gasteiger partial charge >= 0.3 is 0 Å². The topological polar surface area (TPSA) is 85.2 Å². The summed E-state index contributed by atoms with van der Waals surface area (Å²) in [5, 5.41) is 2.50. The molecule has 1 aliphatic carbocycles. The Kier molecular flexibility index (Phi) is 4.59. The van der Waals surface area contributed by atoms with Crippen LogP contribution >= 0.6 is 11.3 Å². The Labute approximate surface area is 176 Å². The Bertz CT molecular complexity index is 1270. The van der Waals surface area contributed by atoms with Gasteiger partial charge in [0.25, 0.3) is 5.56 Å². The summed E-state index contributed by atoms with van der Waals surface area (Å²) < 4.78 is 10.6. The summed E-state index contributed by atoms with van der Waals surface area (Å²) >= 11 is 1.38. The molecule has 0 bridgehead atoms. The molecule has 4 aromatic rings. The van der Waals surface area contributed by atoms with Gasteiger partial charge < -0.3 is 14.1 Å². The molecular weight excluding hydrogens is 400 g/mol. The number of nitrogens with one attached hydrogen (secondary N) is 1. The van der Waals surface area contributed by atoms with Crippen molar-refractivity contribution in [3.8, 4) is 27.6 Å². The van der Waals surface area contributed by atoms with Gasteiger partial charge in [-0.05, 0) is 48.9 Å². The van der Waals surface area contributed by atoms with Gasteiger partial charge in [0, 0.05) is 34.5 Å². The number of furan rings is 1. The largest absolute Gasteiger partial charge is 0.497 e. The highest BCUT2D eigenvalue weighted by molar-refractivity contribution is 7.13. The third kappa shape index (κ3) is 3.27. The number of ketones is 1. The zero-order valence-electron chi connectivity index (χ0n) is 16.2. The molecule has 0 aliphatic heterocycles. The predicted octanol–water partition coefficient (Wildman–Crippen LogP) is 4.68. The molecule has 0 spiro atoms. The molecule has 0 saturated heterocycles. The van der Waals surface area contributed by atoms with E-state index in [2.05, 4.69) is 9.97 Å². The van der Waals surface area contributed by atoms with Crippen LogP contribution < -0.4 is 10.3 Å². The monoisotopic (exact) mass is 418 g/mol. The average molecular weight is 418 g/mol. The number of methoxy groups -OCH3 is 1. The first kappa shape index (κ1) is 18.6. The highest BCUT2D eigenvalue weighted by Gasteiger charge is 2.29. The summed E-state index contributed by atoms with van der Waals surface area (Å²) in [5.74, 6) is 1.49. The number of H-pyrrole nitrogens is 1. The molecule has 1 aromatic carbocycles. The smallest absolute Gasteiger partial charge is 0.258 e. The van der Waals surface area contributed by atoms with E-state index in [0.717, 1.165) is 22.8 Å². The molecule has 1 aliphatic rings. The van der Waals surface area contributed by atoms with E-state index in [9.17, 15) is 9.59 Å². The van der Waals surface area contributed by atoms with E-state index >= 15 is 0 Å². The first-order valence-electron chi connectivity index (χ1n) is 9.55. The minimum atomic E-state index is -0.239. The number of hydrogen-bond acceptors (Lipinski definition) is 6. The van der Waals surface area contributed by atoms with E-state index in [0.29, 0.717) is 34.7 Å². The minimum Gasteiger partial charge on any atom is -0.497 e. The Hall–Kier alpha value is -3.45. The summed E-state index contributed by atoms with van der Waals surface area (Å²) in [6, 6.07) is 12.9. The Balaban J connectivity index is 1.48. The van der Waals surface area contributed by atoms with E-state index in [1.165, 1.54) is 11.3 Å². The molecular formula is C23H18N2O4S. The fourth-order valence-electron chi connectivity index (χ4n) is 3.81. The van der Waals surface area contributed by atoms with Crippen molar-refractivity contribution in [3.63, 3.8) is 0 Å². The van der Waals surface area contributed by atoms with Crippen LogP contribution in [0.15, 0.2) is 63.3 Å². The van der Waals surface area contributed by atoms with Crippen LogP contribution in [0.2, 0.25) is 0 Å². The number of benzene rings is 1. The number of pyridine rings is 1. The van der Waals surface area contributed by atoms with Crippen LogP contribution in [0.25, 0.3) is 21.8 Å². The van der Waals surface area contributed by atoms with Crippen LogP contribution in [0, 0.1) is 0 Å². The molecule has 150 valence electrons. The van der Waals surface area contributed by atoms with E-state index in [1.54, 1.807) is 19.4 Å². The fourth-order valence-corrected chi connectivity index (χ4v) is 4.65. The van der Waals surface area contributed by atoms with E-state index in [1.807, 2.05) is 41.8 Å².